The van der Waals surface area contributed by atoms with E-state index in [0.29, 0.717) is 5.56 Å². The number of rotatable bonds is 3. The molecule has 3 N–H and O–H groups in total. The molecule has 21 heavy (non-hydrogen) atoms. The molecule has 0 aromatic heterocycles. The van der Waals surface area contributed by atoms with Crippen molar-refractivity contribution in [3.05, 3.63) is 35.9 Å². The Balaban J connectivity index is 2.65. The van der Waals surface area contributed by atoms with Gasteiger partial charge in [0.05, 0.1) is 0 Å². The van der Waals surface area contributed by atoms with Gasteiger partial charge >= 0.3 is 6.03 Å². The minimum atomic E-state index is -4.34. The van der Waals surface area contributed by atoms with Crippen molar-refractivity contribution in [2.75, 3.05) is 0 Å². The molecule has 1 aliphatic rings. The second-order valence-corrected chi connectivity index (χ2v) is 7.41. The van der Waals surface area contributed by atoms with Crippen molar-refractivity contribution in [1.82, 2.24) is 9.99 Å². The topological polar surface area (TPSA) is 107 Å². The molecule has 1 saturated heterocycles. The first-order valence-corrected chi connectivity index (χ1v) is 8.72. The molecular weight excluding hydrogens is 315 g/mol. The summed E-state index contributed by atoms with van der Waals surface area (Å²) < 4.78 is 0.181. The molecule has 0 aliphatic carbocycles. The average molecular weight is 328 g/mol. The summed E-state index contributed by atoms with van der Waals surface area (Å²) in [5.41, 5.74) is -1.35. The maximum atomic E-state index is 12.6. The number of hydrogen-bond donors (Lipinski definition) is 3. The Morgan fingerprint density at radius 3 is 2.29 bits per heavy atom. The summed E-state index contributed by atoms with van der Waals surface area (Å²) in [6, 6.07) is 6.91. The molecule has 0 bridgehead atoms. The third-order valence-corrected chi connectivity index (χ3v) is 4.79. The summed E-state index contributed by atoms with van der Waals surface area (Å²) in [6.07, 6.45) is 0.0425. The highest BCUT2D eigenvalue weighted by Crippen LogP contribution is 2.46. The Morgan fingerprint density at radius 1 is 1.24 bits per heavy atom. The molecule has 1 aliphatic heterocycles. The lowest BCUT2D eigenvalue weighted by Gasteiger charge is -2.39. The van der Waals surface area contributed by atoms with Gasteiger partial charge in [0.25, 0.3) is 12.5 Å². The van der Waals surface area contributed by atoms with Gasteiger partial charge in [-0.1, -0.05) is 37.3 Å². The minimum Gasteiger partial charge on any atom is -0.329 e. The smallest absolute Gasteiger partial charge is 0.329 e. The van der Waals surface area contributed by atoms with Crippen molar-refractivity contribution in [2.24, 2.45) is 0 Å². The predicted octanol–water partition coefficient (Wildman–Crippen LogP) is 0.622. The third-order valence-electron chi connectivity index (χ3n) is 3.42. The number of carbonyl (C=O) groups is 3. The van der Waals surface area contributed by atoms with Crippen LogP contribution in [0.15, 0.2) is 30.3 Å². The van der Waals surface area contributed by atoms with E-state index in [2.05, 4.69) is 11.8 Å². The van der Waals surface area contributed by atoms with Crippen LogP contribution in [-0.4, -0.2) is 32.3 Å². The maximum absolute atomic E-state index is 12.6. The van der Waals surface area contributed by atoms with Crippen LogP contribution in [-0.2, 0) is 26.8 Å². The van der Waals surface area contributed by atoms with Crippen molar-refractivity contribution >= 4 is 36.3 Å². The fourth-order valence-electron chi connectivity index (χ4n) is 2.36. The van der Waals surface area contributed by atoms with E-state index in [1.165, 1.54) is 0 Å². The molecule has 1 fully saturated rings. The van der Waals surface area contributed by atoms with Crippen LogP contribution in [0, 0.1) is 0 Å². The number of urea groups is 1. The molecule has 7 nitrogen and oxygen atoms in total. The lowest BCUT2D eigenvalue weighted by molar-refractivity contribution is -0.142. The second-order valence-electron chi connectivity index (χ2n) is 4.51. The van der Waals surface area contributed by atoms with E-state index in [1.54, 1.807) is 37.3 Å². The highest BCUT2D eigenvalue weighted by molar-refractivity contribution is 8.08. The van der Waals surface area contributed by atoms with Crippen molar-refractivity contribution in [2.45, 2.75) is 18.8 Å². The Hall–Kier alpha value is -1.60. The number of nitrogens with zero attached hydrogens (tertiary/aromatic N) is 1. The van der Waals surface area contributed by atoms with Gasteiger partial charge in [-0.25, -0.2) is 4.79 Å². The van der Waals surface area contributed by atoms with E-state index in [9.17, 15) is 24.2 Å². The van der Waals surface area contributed by atoms with Crippen molar-refractivity contribution in [1.29, 1.82) is 0 Å². The van der Waals surface area contributed by atoms with Gasteiger partial charge in [0.1, 0.15) is 0 Å². The fraction of sp³-hybridized carbons (Fsp3) is 0.250. The number of amides is 4. The molecule has 0 unspecified atom stereocenters. The Labute approximate surface area is 125 Å². The number of benzene rings is 1. The Morgan fingerprint density at radius 2 is 1.81 bits per heavy atom. The van der Waals surface area contributed by atoms with Crippen molar-refractivity contribution in [3.63, 3.8) is 0 Å². The van der Waals surface area contributed by atoms with Crippen LogP contribution in [0.4, 0.5) is 4.79 Å². The molecule has 9 heteroatoms. The molecule has 2 rings (SSSR count). The Bertz CT molecular complexity index is 659. The van der Waals surface area contributed by atoms with E-state index in [0.717, 1.165) is 0 Å². The van der Waals surface area contributed by atoms with Crippen LogP contribution >= 0.6 is 6.64 Å². The normalized spacial score (nSPS) is 23.2. The number of nitrogens with one attached hydrogen (secondary N) is 1. The van der Waals surface area contributed by atoms with Gasteiger partial charge in [-0.3, -0.25) is 14.9 Å². The van der Waals surface area contributed by atoms with Crippen LogP contribution in [0.3, 0.4) is 0 Å². The first-order valence-electron chi connectivity index (χ1n) is 6.06. The molecule has 0 spiro atoms. The largest absolute Gasteiger partial charge is 0.338 e. The number of imide groups is 2. The molecule has 1 aromatic carbocycles. The lowest BCUT2D eigenvalue weighted by atomic mass is 9.75. The number of hydrogen-bond acceptors (Lipinski definition) is 4. The monoisotopic (exact) mass is 328 g/mol. The van der Waals surface area contributed by atoms with E-state index in [1.807, 2.05) is 5.32 Å². The average Bonchev–Trinajstić information content (AvgIpc) is 2.38. The van der Waals surface area contributed by atoms with Gasteiger partial charge in [-0.15, -0.1) is 0 Å². The van der Waals surface area contributed by atoms with E-state index in [-0.39, 0.29) is 11.1 Å². The minimum absolute atomic E-state index is 0.0425. The summed E-state index contributed by atoms with van der Waals surface area (Å²) in [4.78, 5) is 55.7. The van der Waals surface area contributed by atoms with Gasteiger partial charge in [0.2, 0.25) is 5.91 Å². The summed E-state index contributed by atoms with van der Waals surface area (Å²) in [5.74, 6) is -1.82. The summed E-state index contributed by atoms with van der Waals surface area (Å²) in [6.45, 7) is -2.75. The molecule has 4 amide bonds. The van der Waals surface area contributed by atoms with Crippen LogP contribution in [0.5, 0.6) is 0 Å². The van der Waals surface area contributed by atoms with Crippen LogP contribution in [0.25, 0.3) is 0 Å². The van der Waals surface area contributed by atoms with Gasteiger partial charge in [0.15, 0.2) is 5.41 Å². The van der Waals surface area contributed by atoms with Crippen LogP contribution in [0.2, 0.25) is 0 Å². The summed E-state index contributed by atoms with van der Waals surface area (Å²) in [7, 11) is 0. The van der Waals surface area contributed by atoms with Gasteiger partial charge in [0, 0.05) is 0 Å². The van der Waals surface area contributed by atoms with Gasteiger partial charge < -0.3 is 9.79 Å². The molecule has 1 atom stereocenters. The molecule has 1 aromatic rings. The summed E-state index contributed by atoms with van der Waals surface area (Å²) in [5, 5.41) is 1.97. The van der Waals surface area contributed by atoms with Gasteiger partial charge in [-0.05, 0) is 23.8 Å². The number of barbiturate groups is 1. The SMILES string of the molecule is CC[C@@]1(c2ccccc2)C(=O)NC(=O)N(P(O)(O)=S)C1=O. The summed E-state index contributed by atoms with van der Waals surface area (Å²) >= 11 is 4.45. The lowest BCUT2D eigenvalue weighted by Crippen LogP contribution is -2.64. The predicted molar refractivity (Wildman–Crippen MR) is 77.5 cm³/mol. The zero-order chi connectivity index (χ0) is 15.8. The second kappa shape index (κ2) is 5.31. The zero-order valence-electron chi connectivity index (χ0n) is 11.0. The van der Waals surface area contributed by atoms with Gasteiger partial charge in [-0.2, -0.15) is 4.67 Å². The first-order chi connectivity index (χ1) is 9.75. The van der Waals surface area contributed by atoms with E-state index < -0.39 is 29.9 Å². The Kier molecular flexibility index (Phi) is 3.99. The highest BCUT2D eigenvalue weighted by atomic mass is 32.5. The first kappa shape index (κ1) is 15.8. The fourth-order valence-corrected chi connectivity index (χ4v) is 3.50. The molecule has 0 saturated carbocycles. The van der Waals surface area contributed by atoms with Crippen molar-refractivity contribution in [3.8, 4) is 0 Å². The standard InChI is InChI=1S/C12H13N2O5PS/c1-2-12(8-6-4-3-5-7-8)9(15)13-11(17)14(10(12)16)20(18,19)21/h3-7H,2H2,1H3,(H,13,15,17)(H2,18,19,21)/t12-/m1/s1. The molecule has 1 heterocycles. The molecule has 112 valence electrons. The maximum Gasteiger partial charge on any atom is 0.338 e. The third kappa shape index (κ3) is 2.40. The number of carbonyl (C=O) groups excluding carboxylic acids is 3. The molecule has 0 radical (unpaired) electrons. The zero-order valence-corrected chi connectivity index (χ0v) is 12.7. The molecular formula is C12H13N2O5PS. The van der Waals surface area contributed by atoms with Crippen LogP contribution in [0.1, 0.15) is 18.9 Å². The van der Waals surface area contributed by atoms with E-state index >= 15 is 0 Å². The highest BCUT2D eigenvalue weighted by Gasteiger charge is 2.56. The van der Waals surface area contributed by atoms with E-state index in [4.69, 9.17) is 0 Å². The van der Waals surface area contributed by atoms with Crippen molar-refractivity contribution < 1.29 is 24.2 Å². The quantitative estimate of drug-likeness (QED) is 0.555. The van der Waals surface area contributed by atoms with Crippen LogP contribution < -0.4 is 5.32 Å².